The lowest BCUT2D eigenvalue weighted by atomic mass is 10.1. The molecule has 0 radical (unpaired) electrons. The molecule has 1 fully saturated rings. The van der Waals surface area contributed by atoms with E-state index in [1.807, 2.05) is 30.3 Å². The van der Waals surface area contributed by atoms with E-state index in [2.05, 4.69) is 6.92 Å². The van der Waals surface area contributed by atoms with Crippen LogP contribution in [-0.2, 0) is 4.79 Å². The summed E-state index contributed by atoms with van der Waals surface area (Å²) < 4.78 is 0.720. The Labute approximate surface area is 111 Å². The lowest BCUT2D eigenvalue weighted by Crippen LogP contribution is -2.30. The number of benzene rings is 1. The molecule has 0 N–H and O–H groups in total. The summed E-state index contributed by atoms with van der Waals surface area (Å²) in [7, 11) is 0. The van der Waals surface area contributed by atoms with Gasteiger partial charge in [0, 0.05) is 6.54 Å². The second kappa shape index (κ2) is 5.65. The zero-order chi connectivity index (χ0) is 12.3. The number of thiocarbonyl (C=S) groups is 1. The van der Waals surface area contributed by atoms with Gasteiger partial charge in [0.25, 0.3) is 0 Å². The Kier molecular flexibility index (Phi) is 4.18. The highest BCUT2D eigenvalue weighted by Crippen LogP contribution is 2.39. The molecule has 1 saturated heterocycles. The number of hydrogen-bond acceptors (Lipinski definition) is 3. The second-order valence-corrected chi connectivity index (χ2v) is 5.76. The molecule has 1 aliphatic rings. The van der Waals surface area contributed by atoms with Gasteiger partial charge in [-0.2, -0.15) is 0 Å². The van der Waals surface area contributed by atoms with E-state index in [-0.39, 0.29) is 11.2 Å². The maximum absolute atomic E-state index is 12.2. The van der Waals surface area contributed by atoms with Gasteiger partial charge < -0.3 is 0 Å². The summed E-state index contributed by atoms with van der Waals surface area (Å²) in [4.78, 5) is 14.0. The van der Waals surface area contributed by atoms with Crippen molar-refractivity contribution in [1.29, 1.82) is 0 Å². The zero-order valence-electron chi connectivity index (χ0n) is 9.76. The molecule has 1 heterocycles. The summed E-state index contributed by atoms with van der Waals surface area (Å²) in [6, 6.07) is 9.85. The Bertz CT molecular complexity index is 419. The molecule has 0 bridgehead atoms. The van der Waals surface area contributed by atoms with Gasteiger partial charge in [-0.15, -0.1) is 0 Å². The van der Waals surface area contributed by atoms with Crippen molar-refractivity contribution in [3.63, 3.8) is 0 Å². The Morgan fingerprint density at radius 1 is 1.35 bits per heavy atom. The van der Waals surface area contributed by atoms with Crippen LogP contribution in [0, 0.1) is 0 Å². The summed E-state index contributed by atoms with van der Waals surface area (Å²) in [6.45, 7) is 2.87. The average Bonchev–Trinajstić information content (AvgIpc) is 2.64. The molecule has 0 aliphatic carbocycles. The van der Waals surface area contributed by atoms with Crippen molar-refractivity contribution in [2.24, 2.45) is 0 Å². The molecule has 1 aromatic carbocycles. The van der Waals surface area contributed by atoms with Gasteiger partial charge in [-0.05, 0) is 12.0 Å². The SMILES string of the molecule is CCCCN1C(=O)C(c2ccccc2)SC1=S. The minimum absolute atomic E-state index is 0.138. The molecule has 1 amide bonds. The van der Waals surface area contributed by atoms with Crippen LogP contribution in [0.2, 0.25) is 0 Å². The van der Waals surface area contributed by atoms with Crippen molar-refractivity contribution >= 4 is 34.2 Å². The molecular formula is C13H15NOS2. The molecule has 2 nitrogen and oxygen atoms in total. The summed E-state index contributed by atoms with van der Waals surface area (Å²) in [5.74, 6) is 0.139. The summed E-state index contributed by atoms with van der Waals surface area (Å²) in [5.41, 5.74) is 1.05. The molecule has 0 saturated carbocycles. The Hall–Kier alpha value is -0.870. The molecule has 0 spiro atoms. The van der Waals surface area contributed by atoms with Gasteiger partial charge in [-0.25, -0.2) is 0 Å². The largest absolute Gasteiger partial charge is 0.296 e. The number of carbonyl (C=O) groups excluding carboxylic acids is 1. The number of nitrogens with zero attached hydrogens (tertiary/aromatic N) is 1. The van der Waals surface area contributed by atoms with Crippen LogP contribution in [0.1, 0.15) is 30.6 Å². The van der Waals surface area contributed by atoms with E-state index >= 15 is 0 Å². The van der Waals surface area contributed by atoms with Gasteiger partial charge in [0.1, 0.15) is 9.57 Å². The van der Waals surface area contributed by atoms with Crippen LogP contribution in [-0.4, -0.2) is 21.7 Å². The topological polar surface area (TPSA) is 20.3 Å². The number of thioether (sulfide) groups is 1. The number of amides is 1. The van der Waals surface area contributed by atoms with Crippen molar-refractivity contribution in [3.05, 3.63) is 35.9 Å². The van der Waals surface area contributed by atoms with Crippen molar-refractivity contribution in [2.75, 3.05) is 6.54 Å². The highest BCUT2D eigenvalue weighted by atomic mass is 32.2. The molecule has 1 unspecified atom stereocenters. The van der Waals surface area contributed by atoms with Crippen LogP contribution < -0.4 is 0 Å². The second-order valence-electron chi connectivity index (χ2n) is 4.02. The van der Waals surface area contributed by atoms with Crippen LogP contribution in [0.5, 0.6) is 0 Å². The smallest absolute Gasteiger partial charge is 0.246 e. The fourth-order valence-corrected chi connectivity index (χ4v) is 3.30. The molecule has 1 atom stereocenters. The molecule has 90 valence electrons. The van der Waals surface area contributed by atoms with Crippen LogP contribution in [0.4, 0.5) is 0 Å². The minimum Gasteiger partial charge on any atom is -0.296 e. The molecule has 4 heteroatoms. The summed E-state index contributed by atoms with van der Waals surface area (Å²) >= 11 is 6.77. The van der Waals surface area contributed by atoms with E-state index < -0.39 is 0 Å². The van der Waals surface area contributed by atoms with Crippen molar-refractivity contribution in [2.45, 2.75) is 25.0 Å². The fourth-order valence-electron chi connectivity index (χ4n) is 1.80. The summed E-state index contributed by atoms with van der Waals surface area (Å²) in [6.07, 6.45) is 2.08. The first-order valence-electron chi connectivity index (χ1n) is 5.81. The van der Waals surface area contributed by atoms with Gasteiger partial charge in [0.15, 0.2) is 0 Å². The van der Waals surface area contributed by atoms with Gasteiger partial charge in [-0.1, -0.05) is 67.7 Å². The van der Waals surface area contributed by atoms with E-state index in [0.717, 1.165) is 29.3 Å². The van der Waals surface area contributed by atoms with Crippen LogP contribution >= 0.6 is 24.0 Å². The minimum atomic E-state index is -0.138. The number of unbranched alkanes of at least 4 members (excludes halogenated alkanes) is 1. The van der Waals surface area contributed by atoms with E-state index in [9.17, 15) is 4.79 Å². The Morgan fingerprint density at radius 2 is 2.06 bits per heavy atom. The van der Waals surface area contributed by atoms with E-state index in [1.54, 1.807) is 4.90 Å². The first-order chi connectivity index (χ1) is 8.24. The molecule has 2 rings (SSSR count). The zero-order valence-corrected chi connectivity index (χ0v) is 11.4. The summed E-state index contributed by atoms with van der Waals surface area (Å²) in [5, 5.41) is -0.138. The predicted molar refractivity (Wildman–Crippen MR) is 76.0 cm³/mol. The van der Waals surface area contributed by atoms with Crippen LogP contribution in [0.3, 0.4) is 0 Å². The molecule has 17 heavy (non-hydrogen) atoms. The fraction of sp³-hybridized carbons (Fsp3) is 0.385. The first kappa shape index (κ1) is 12.6. The van der Waals surface area contributed by atoms with Crippen molar-refractivity contribution in [1.82, 2.24) is 4.90 Å². The highest BCUT2D eigenvalue weighted by Gasteiger charge is 2.37. The van der Waals surface area contributed by atoms with Crippen LogP contribution in [0.25, 0.3) is 0 Å². The maximum Gasteiger partial charge on any atom is 0.246 e. The van der Waals surface area contributed by atoms with Crippen molar-refractivity contribution in [3.8, 4) is 0 Å². The van der Waals surface area contributed by atoms with E-state index in [1.165, 1.54) is 11.8 Å². The Balaban J connectivity index is 2.13. The predicted octanol–water partition coefficient (Wildman–Crippen LogP) is 3.39. The van der Waals surface area contributed by atoms with Gasteiger partial charge in [0.2, 0.25) is 5.91 Å². The normalized spacial score (nSPS) is 20.1. The number of carbonyl (C=O) groups is 1. The van der Waals surface area contributed by atoms with Gasteiger partial charge in [0.05, 0.1) is 0 Å². The average molecular weight is 265 g/mol. The van der Waals surface area contributed by atoms with Gasteiger partial charge >= 0.3 is 0 Å². The first-order valence-corrected chi connectivity index (χ1v) is 7.09. The highest BCUT2D eigenvalue weighted by molar-refractivity contribution is 8.24. The standard InChI is InChI=1S/C13H15NOS2/c1-2-3-9-14-12(15)11(17-13(14)16)10-7-5-4-6-8-10/h4-8,11H,2-3,9H2,1H3. The maximum atomic E-state index is 12.2. The number of rotatable bonds is 4. The molecule has 1 aromatic rings. The van der Waals surface area contributed by atoms with Crippen LogP contribution in [0.15, 0.2) is 30.3 Å². The Morgan fingerprint density at radius 3 is 2.71 bits per heavy atom. The van der Waals surface area contributed by atoms with E-state index in [4.69, 9.17) is 12.2 Å². The molecule has 0 aromatic heterocycles. The van der Waals surface area contributed by atoms with Crippen molar-refractivity contribution < 1.29 is 4.79 Å². The third-order valence-corrected chi connectivity index (χ3v) is 4.41. The monoisotopic (exact) mass is 265 g/mol. The lowest BCUT2D eigenvalue weighted by molar-refractivity contribution is -0.126. The quantitative estimate of drug-likeness (QED) is 0.778. The van der Waals surface area contributed by atoms with E-state index in [0.29, 0.717) is 0 Å². The lowest BCUT2D eigenvalue weighted by Gasteiger charge is -2.14. The molecule has 1 aliphatic heterocycles. The third-order valence-electron chi connectivity index (χ3n) is 2.77. The third kappa shape index (κ3) is 2.69. The molecular weight excluding hydrogens is 250 g/mol. The number of hydrogen-bond donors (Lipinski definition) is 0. The van der Waals surface area contributed by atoms with Gasteiger partial charge in [-0.3, -0.25) is 9.69 Å².